The molecule has 1 N–H and O–H groups in total. The first-order valence-electron chi connectivity index (χ1n) is 8.85. The summed E-state index contributed by atoms with van der Waals surface area (Å²) in [6.07, 6.45) is 2.02. The average molecular weight is 417 g/mol. The minimum atomic E-state index is -3.68. The van der Waals surface area contributed by atoms with Crippen LogP contribution in [0, 0.1) is 5.92 Å². The molecule has 1 atom stereocenters. The number of rotatable bonds is 7. The van der Waals surface area contributed by atoms with E-state index in [4.69, 9.17) is 16.3 Å². The van der Waals surface area contributed by atoms with Crippen LogP contribution in [0.4, 0.5) is 0 Å². The zero-order chi connectivity index (χ0) is 20.2. The van der Waals surface area contributed by atoms with Crippen molar-refractivity contribution >= 4 is 33.5 Å². The molecular weight excluding hydrogens is 392 g/mol. The van der Waals surface area contributed by atoms with Crippen molar-refractivity contribution in [3.05, 3.63) is 28.8 Å². The van der Waals surface area contributed by atoms with E-state index in [-0.39, 0.29) is 21.4 Å². The van der Waals surface area contributed by atoms with Gasteiger partial charge in [0.2, 0.25) is 10.0 Å². The quantitative estimate of drug-likeness (QED) is 0.689. The predicted molar refractivity (Wildman–Crippen MR) is 102 cm³/mol. The molecule has 1 aliphatic rings. The van der Waals surface area contributed by atoms with Gasteiger partial charge in [-0.15, -0.1) is 0 Å². The number of benzene rings is 1. The molecule has 1 unspecified atom stereocenters. The van der Waals surface area contributed by atoms with Crippen LogP contribution in [0.2, 0.25) is 5.02 Å². The molecule has 0 aromatic heterocycles. The number of amides is 1. The van der Waals surface area contributed by atoms with Gasteiger partial charge in [0.15, 0.2) is 0 Å². The lowest BCUT2D eigenvalue weighted by molar-refractivity contribution is -0.143. The molecule has 0 spiro atoms. The van der Waals surface area contributed by atoms with Crippen molar-refractivity contribution in [3.8, 4) is 0 Å². The first-order valence-corrected chi connectivity index (χ1v) is 10.7. The molecule has 1 aromatic carbocycles. The molecule has 0 saturated carbocycles. The van der Waals surface area contributed by atoms with Crippen molar-refractivity contribution in [2.24, 2.45) is 5.92 Å². The van der Waals surface area contributed by atoms with Crippen molar-refractivity contribution in [1.29, 1.82) is 0 Å². The van der Waals surface area contributed by atoms with Gasteiger partial charge < -0.3 is 10.1 Å². The number of halogens is 1. The monoisotopic (exact) mass is 416 g/mol. The Hall–Kier alpha value is -1.64. The highest BCUT2D eigenvalue weighted by molar-refractivity contribution is 7.89. The van der Waals surface area contributed by atoms with E-state index in [1.54, 1.807) is 0 Å². The molecule has 1 amide bonds. The molecular formula is C18H25ClN2O5S. The Morgan fingerprint density at radius 1 is 1.26 bits per heavy atom. The van der Waals surface area contributed by atoms with Gasteiger partial charge in [-0.25, -0.2) is 13.2 Å². The van der Waals surface area contributed by atoms with Crippen molar-refractivity contribution in [1.82, 2.24) is 9.62 Å². The van der Waals surface area contributed by atoms with E-state index in [1.165, 1.54) is 29.6 Å². The fraction of sp³-hybridized carbons (Fsp3) is 0.556. The third-order valence-electron chi connectivity index (χ3n) is 4.38. The Labute approximate surface area is 165 Å². The highest BCUT2D eigenvalue weighted by Crippen LogP contribution is 2.25. The van der Waals surface area contributed by atoms with E-state index in [2.05, 4.69) is 5.32 Å². The van der Waals surface area contributed by atoms with Gasteiger partial charge in [0, 0.05) is 13.1 Å². The minimum absolute atomic E-state index is 0.00889. The van der Waals surface area contributed by atoms with E-state index in [9.17, 15) is 18.0 Å². The Balaban J connectivity index is 2.29. The van der Waals surface area contributed by atoms with Crippen LogP contribution in [0.15, 0.2) is 23.1 Å². The molecule has 1 aliphatic heterocycles. The zero-order valence-corrected chi connectivity index (χ0v) is 17.3. The van der Waals surface area contributed by atoms with Crippen LogP contribution in [-0.2, 0) is 19.6 Å². The molecule has 27 heavy (non-hydrogen) atoms. The highest BCUT2D eigenvalue weighted by Gasteiger charge is 2.29. The van der Waals surface area contributed by atoms with Gasteiger partial charge >= 0.3 is 5.97 Å². The molecule has 1 saturated heterocycles. The smallest absolute Gasteiger partial charge is 0.328 e. The summed E-state index contributed by atoms with van der Waals surface area (Å²) < 4.78 is 31.6. The van der Waals surface area contributed by atoms with Crippen molar-refractivity contribution in [2.45, 2.75) is 44.0 Å². The van der Waals surface area contributed by atoms with Crippen LogP contribution in [-0.4, -0.2) is 50.8 Å². The first kappa shape index (κ1) is 21.7. The number of sulfonamides is 1. The Morgan fingerprint density at radius 2 is 1.89 bits per heavy atom. The fourth-order valence-electron chi connectivity index (χ4n) is 2.98. The second kappa shape index (κ2) is 9.03. The summed E-state index contributed by atoms with van der Waals surface area (Å²) in [6.45, 7) is 4.76. The lowest BCUT2D eigenvalue weighted by Crippen LogP contribution is -2.42. The van der Waals surface area contributed by atoms with Crippen LogP contribution >= 0.6 is 11.6 Å². The summed E-state index contributed by atoms with van der Waals surface area (Å²) >= 11 is 6.12. The number of hydrogen-bond acceptors (Lipinski definition) is 5. The largest absolute Gasteiger partial charge is 0.467 e. The van der Waals surface area contributed by atoms with Crippen molar-refractivity contribution < 1.29 is 22.7 Å². The van der Waals surface area contributed by atoms with Gasteiger partial charge in [-0.05, 0) is 43.4 Å². The topological polar surface area (TPSA) is 92.8 Å². The number of esters is 1. The zero-order valence-electron chi connectivity index (χ0n) is 15.7. The Kier molecular flexibility index (Phi) is 7.25. The van der Waals surface area contributed by atoms with Crippen LogP contribution in [0.25, 0.3) is 0 Å². The van der Waals surface area contributed by atoms with E-state index in [1.807, 2.05) is 13.8 Å². The van der Waals surface area contributed by atoms with Crippen LogP contribution < -0.4 is 5.32 Å². The second-order valence-electron chi connectivity index (χ2n) is 6.93. The summed E-state index contributed by atoms with van der Waals surface area (Å²) in [5.41, 5.74) is 0.00889. The summed E-state index contributed by atoms with van der Waals surface area (Å²) in [5, 5.41) is 2.71. The number of carbonyl (C=O) groups excluding carboxylic acids is 2. The molecule has 2 rings (SSSR count). The Morgan fingerprint density at radius 3 is 2.44 bits per heavy atom. The molecule has 1 aromatic rings. The van der Waals surface area contributed by atoms with E-state index >= 15 is 0 Å². The molecule has 1 heterocycles. The molecule has 0 radical (unpaired) electrons. The van der Waals surface area contributed by atoms with E-state index < -0.39 is 27.9 Å². The molecule has 7 nitrogen and oxygen atoms in total. The van der Waals surface area contributed by atoms with E-state index in [0.29, 0.717) is 19.5 Å². The first-order chi connectivity index (χ1) is 12.7. The third-order valence-corrected chi connectivity index (χ3v) is 6.61. The van der Waals surface area contributed by atoms with Gasteiger partial charge in [0.05, 0.1) is 22.6 Å². The molecule has 0 aliphatic carbocycles. The normalized spacial score (nSPS) is 16.3. The number of carbonyl (C=O) groups is 2. The van der Waals surface area contributed by atoms with Gasteiger partial charge in [-0.3, -0.25) is 4.79 Å². The molecule has 150 valence electrons. The van der Waals surface area contributed by atoms with E-state index in [0.717, 1.165) is 12.8 Å². The standard InChI is InChI=1S/C18H25ClN2O5S/c1-12(2)10-16(18(23)26-3)20-17(22)14-11-13(6-7-15(14)19)27(24,25)21-8-4-5-9-21/h6-7,11-12,16H,4-5,8-10H2,1-3H3,(H,20,22). The highest BCUT2D eigenvalue weighted by atomic mass is 35.5. The molecule has 1 fully saturated rings. The number of hydrogen-bond donors (Lipinski definition) is 1. The Bertz CT molecular complexity index is 804. The number of nitrogens with one attached hydrogen (secondary N) is 1. The van der Waals surface area contributed by atoms with Gasteiger partial charge in [-0.1, -0.05) is 25.4 Å². The maximum atomic E-state index is 12.7. The number of methoxy groups -OCH3 is 1. The summed E-state index contributed by atoms with van der Waals surface area (Å²) in [5.74, 6) is -1.03. The van der Waals surface area contributed by atoms with Gasteiger partial charge in [0.1, 0.15) is 6.04 Å². The summed E-state index contributed by atoms with van der Waals surface area (Å²) in [4.78, 5) is 24.6. The third kappa shape index (κ3) is 5.21. The molecule has 0 bridgehead atoms. The molecule has 9 heteroatoms. The average Bonchev–Trinajstić information content (AvgIpc) is 3.15. The maximum Gasteiger partial charge on any atom is 0.328 e. The summed E-state index contributed by atoms with van der Waals surface area (Å²) in [6, 6.07) is 3.19. The van der Waals surface area contributed by atoms with Crippen molar-refractivity contribution in [2.75, 3.05) is 20.2 Å². The lowest BCUT2D eigenvalue weighted by Gasteiger charge is -2.19. The predicted octanol–water partition coefficient (Wildman–Crippen LogP) is 2.44. The fourth-order valence-corrected chi connectivity index (χ4v) is 4.73. The van der Waals surface area contributed by atoms with Gasteiger partial charge in [-0.2, -0.15) is 4.31 Å². The number of nitrogens with zero attached hydrogens (tertiary/aromatic N) is 1. The van der Waals surface area contributed by atoms with Crippen LogP contribution in [0.1, 0.15) is 43.5 Å². The van der Waals surface area contributed by atoms with Crippen molar-refractivity contribution in [3.63, 3.8) is 0 Å². The van der Waals surface area contributed by atoms with Crippen LogP contribution in [0.5, 0.6) is 0 Å². The lowest BCUT2D eigenvalue weighted by atomic mass is 10.0. The minimum Gasteiger partial charge on any atom is -0.467 e. The number of ether oxygens (including phenoxy) is 1. The maximum absolute atomic E-state index is 12.7. The second-order valence-corrected chi connectivity index (χ2v) is 9.28. The summed E-state index contributed by atoms with van der Waals surface area (Å²) in [7, 11) is -2.43. The van der Waals surface area contributed by atoms with Gasteiger partial charge in [0.25, 0.3) is 5.91 Å². The SMILES string of the molecule is COC(=O)C(CC(C)C)NC(=O)c1cc(S(=O)(=O)N2CCCC2)ccc1Cl. The van der Waals surface area contributed by atoms with Crippen LogP contribution in [0.3, 0.4) is 0 Å².